The van der Waals surface area contributed by atoms with Gasteiger partial charge in [0.05, 0.1) is 6.10 Å². The first-order chi connectivity index (χ1) is 9.70. The zero-order chi connectivity index (χ0) is 14.1. The van der Waals surface area contributed by atoms with Gasteiger partial charge >= 0.3 is 0 Å². The number of allylic oxidation sites excluding steroid dienone is 1. The van der Waals surface area contributed by atoms with E-state index < -0.39 is 6.10 Å². The van der Waals surface area contributed by atoms with Gasteiger partial charge in [0.2, 0.25) is 0 Å². The summed E-state index contributed by atoms with van der Waals surface area (Å²) in [7, 11) is 0. The predicted octanol–water partition coefficient (Wildman–Crippen LogP) is 4.62. The minimum atomic E-state index is -0.455. The lowest BCUT2D eigenvalue weighted by Crippen LogP contribution is -2.15. The molecule has 0 fully saturated rings. The monoisotopic (exact) mass is 264 g/mol. The molecule has 102 valence electrons. The van der Waals surface area contributed by atoms with Crippen LogP contribution in [0.15, 0.2) is 54.6 Å². The van der Waals surface area contributed by atoms with Crippen LogP contribution >= 0.6 is 0 Å². The van der Waals surface area contributed by atoms with E-state index in [2.05, 4.69) is 50.3 Å². The van der Waals surface area contributed by atoms with Gasteiger partial charge in [0.1, 0.15) is 0 Å². The van der Waals surface area contributed by atoms with Gasteiger partial charge in [0.25, 0.3) is 0 Å². The Labute approximate surface area is 120 Å². The van der Waals surface area contributed by atoms with Crippen molar-refractivity contribution in [2.45, 2.75) is 32.3 Å². The lowest BCUT2D eigenvalue weighted by Gasteiger charge is -2.29. The first kappa shape index (κ1) is 13.1. The second-order valence-corrected chi connectivity index (χ2v) is 5.52. The fourth-order valence-corrected chi connectivity index (χ4v) is 3.10. The Morgan fingerprint density at radius 1 is 1.05 bits per heavy atom. The van der Waals surface area contributed by atoms with Crippen molar-refractivity contribution in [1.29, 1.82) is 0 Å². The van der Waals surface area contributed by atoms with Gasteiger partial charge in [-0.25, -0.2) is 0 Å². The molecule has 0 bridgehead atoms. The average Bonchev–Trinajstić information content (AvgIpc) is 2.48. The Morgan fingerprint density at radius 2 is 1.85 bits per heavy atom. The van der Waals surface area contributed by atoms with E-state index in [1.807, 2.05) is 18.2 Å². The van der Waals surface area contributed by atoms with Crippen molar-refractivity contribution in [3.05, 3.63) is 76.9 Å². The van der Waals surface area contributed by atoms with E-state index in [0.29, 0.717) is 0 Å². The summed E-state index contributed by atoms with van der Waals surface area (Å²) >= 11 is 0. The first-order valence-electron chi connectivity index (χ1n) is 7.25. The second-order valence-electron chi connectivity index (χ2n) is 5.52. The maximum atomic E-state index is 10.7. The Balaban J connectivity index is 2.11. The third kappa shape index (κ3) is 2.19. The van der Waals surface area contributed by atoms with Crippen molar-refractivity contribution in [1.82, 2.24) is 0 Å². The molecule has 2 atom stereocenters. The van der Waals surface area contributed by atoms with E-state index >= 15 is 0 Å². The highest BCUT2D eigenvalue weighted by Crippen LogP contribution is 2.42. The van der Waals surface area contributed by atoms with Crippen LogP contribution in [-0.2, 0) is 0 Å². The van der Waals surface area contributed by atoms with Crippen LogP contribution in [0.1, 0.15) is 47.6 Å². The molecule has 1 aliphatic rings. The highest BCUT2D eigenvalue weighted by Gasteiger charge is 2.28. The summed E-state index contributed by atoms with van der Waals surface area (Å²) in [6.07, 6.45) is 2.77. The first-order valence-corrected chi connectivity index (χ1v) is 7.25. The van der Waals surface area contributed by atoms with Gasteiger partial charge in [-0.05, 0) is 35.6 Å². The van der Waals surface area contributed by atoms with Gasteiger partial charge in [-0.15, -0.1) is 0 Å². The molecule has 0 aromatic heterocycles. The van der Waals surface area contributed by atoms with Gasteiger partial charge in [-0.2, -0.15) is 0 Å². The third-order valence-corrected chi connectivity index (χ3v) is 4.15. The lowest BCUT2D eigenvalue weighted by atomic mass is 9.78. The van der Waals surface area contributed by atoms with Gasteiger partial charge in [-0.1, -0.05) is 67.1 Å². The molecule has 1 aliphatic carbocycles. The highest BCUT2D eigenvalue weighted by atomic mass is 16.3. The predicted molar refractivity (Wildman–Crippen MR) is 83.6 cm³/mol. The molecule has 20 heavy (non-hydrogen) atoms. The van der Waals surface area contributed by atoms with Crippen molar-refractivity contribution < 1.29 is 5.11 Å². The van der Waals surface area contributed by atoms with Gasteiger partial charge in [0, 0.05) is 5.92 Å². The fourth-order valence-electron chi connectivity index (χ4n) is 3.10. The Morgan fingerprint density at radius 3 is 2.60 bits per heavy atom. The van der Waals surface area contributed by atoms with Crippen molar-refractivity contribution >= 4 is 5.57 Å². The minimum Gasteiger partial charge on any atom is -0.387 e. The van der Waals surface area contributed by atoms with E-state index in [1.54, 1.807) is 0 Å². The lowest BCUT2D eigenvalue weighted by molar-refractivity contribution is 0.159. The average molecular weight is 264 g/mol. The Kier molecular flexibility index (Phi) is 3.45. The molecule has 0 unspecified atom stereocenters. The van der Waals surface area contributed by atoms with E-state index in [9.17, 15) is 5.11 Å². The molecular formula is C19H20O. The number of benzene rings is 2. The summed E-state index contributed by atoms with van der Waals surface area (Å²) in [5, 5.41) is 10.7. The molecule has 0 saturated heterocycles. The molecular weight excluding hydrogens is 244 g/mol. The topological polar surface area (TPSA) is 20.2 Å². The largest absolute Gasteiger partial charge is 0.387 e. The molecule has 0 heterocycles. The van der Waals surface area contributed by atoms with E-state index in [-0.39, 0.29) is 5.92 Å². The molecule has 0 radical (unpaired) electrons. The number of aliphatic hydroxyl groups excluding tert-OH is 1. The van der Waals surface area contributed by atoms with Crippen molar-refractivity contribution in [3.63, 3.8) is 0 Å². The molecule has 2 aromatic rings. The number of hydrogen-bond acceptors (Lipinski definition) is 1. The van der Waals surface area contributed by atoms with Gasteiger partial charge < -0.3 is 5.11 Å². The Hall–Kier alpha value is -1.86. The number of fused-ring (bicyclic) bond motifs is 1. The van der Waals surface area contributed by atoms with Gasteiger partial charge in [0.15, 0.2) is 0 Å². The molecule has 1 heteroatoms. The number of aryl methyl sites for hydroxylation is 1. The SMILES string of the molecule is CCC1=C[C@H](c2cccc(C)c2)[C@H](O)c2ccccc21. The van der Waals surface area contributed by atoms with E-state index in [0.717, 1.165) is 12.0 Å². The van der Waals surface area contributed by atoms with Crippen molar-refractivity contribution in [2.75, 3.05) is 0 Å². The zero-order valence-electron chi connectivity index (χ0n) is 12.0. The normalized spacial score (nSPS) is 21.2. The zero-order valence-corrected chi connectivity index (χ0v) is 12.0. The van der Waals surface area contributed by atoms with Crippen LogP contribution < -0.4 is 0 Å². The maximum absolute atomic E-state index is 10.7. The smallest absolute Gasteiger partial charge is 0.0899 e. The highest BCUT2D eigenvalue weighted by molar-refractivity contribution is 5.72. The van der Waals surface area contributed by atoms with E-state index in [1.165, 1.54) is 22.3 Å². The molecule has 1 N–H and O–H groups in total. The minimum absolute atomic E-state index is 0.0553. The van der Waals surface area contributed by atoms with Gasteiger partial charge in [-0.3, -0.25) is 0 Å². The fraction of sp³-hybridized carbons (Fsp3) is 0.263. The van der Waals surface area contributed by atoms with Crippen LogP contribution in [-0.4, -0.2) is 5.11 Å². The molecule has 0 spiro atoms. The standard InChI is InChI=1S/C19H20O/c1-3-14-12-18(15-8-6-7-13(2)11-15)19(20)17-10-5-4-9-16(14)17/h4-12,18-20H,3H2,1-2H3/t18-,19-/m1/s1. The Bertz CT molecular complexity index is 654. The third-order valence-electron chi connectivity index (χ3n) is 4.15. The molecule has 0 amide bonds. The molecule has 0 saturated carbocycles. The van der Waals surface area contributed by atoms with Crippen molar-refractivity contribution in [2.24, 2.45) is 0 Å². The van der Waals surface area contributed by atoms with Crippen LogP contribution in [0, 0.1) is 6.92 Å². The summed E-state index contributed by atoms with van der Waals surface area (Å²) in [5.41, 5.74) is 6.01. The summed E-state index contributed by atoms with van der Waals surface area (Å²) in [6, 6.07) is 16.7. The van der Waals surface area contributed by atoms with Crippen LogP contribution in [0.5, 0.6) is 0 Å². The summed E-state index contributed by atoms with van der Waals surface area (Å²) in [5.74, 6) is 0.0553. The number of aliphatic hydroxyl groups is 1. The van der Waals surface area contributed by atoms with E-state index in [4.69, 9.17) is 0 Å². The van der Waals surface area contributed by atoms with Crippen LogP contribution in [0.2, 0.25) is 0 Å². The molecule has 2 aromatic carbocycles. The van der Waals surface area contributed by atoms with Crippen LogP contribution in [0.25, 0.3) is 5.57 Å². The maximum Gasteiger partial charge on any atom is 0.0899 e. The summed E-state index contributed by atoms with van der Waals surface area (Å²) < 4.78 is 0. The quantitative estimate of drug-likeness (QED) is 0.839. The van der Waals surface area contributed by atoms with Crippen molar-refractivity contribution in [3.8, 4) is 0 Å². The summed E-state index contributed by atoms with van der Waals surface area (Å²) in [4.78, 5) is 0. The van der Waals surface area contributed by atoms with Crippen LogP contribution in [0.4, 0.5) is 0 Å². The molecule has 3 rings (SSSR count). The molecule has 0 aliphatic heterocycles. The summed E-state index contributed by atoms with van der Waals surface area (Å²) in [6.45, 7) is 4.27. The van der Waals surface area contributed by atoms with Crippen LogP contribution in [0.3, 0.4) is 0 Å². The number of hydrogen-bond donors (Lipinski definition) is 1. The molecule has 1 nitrogen and oxygen atoms in total. The second kappa shape index (κ2) is 5.26. The number of rotatable bonds is 2.